The van der Waals surface area contributed by atoms with E-state index in [1.54, 1.807) is 35.3 Å². The van der Waals surface area contributed by atoms with Gasteiger partial charge in [-0.25, -0.2) is 14.1 Å². The second-order valence-corrected chi connectivity index (χ2v) is 11.0. The fraction of sp³-hybridized carbons (Fsp3) is 0.429. The Morgan fingerprint density at radius 2 is 2.03 bits per heavy atom. The summed E-state index contributed by atoms with van der Waals surface area (Å²) in [6.07, 6.45) is 12.3. The molecule has 2 aliphatic rings. The van der Waals surface area contributed by atoms with Crippen molar-refractivity contribution in [2.45, 2.75) is 58.7 Å². The number of nitrogens with zero attached hydrogens (tertiary/aromatic N) is 6. The number of aromatic nitrogens is 5. The van der Waals surface area contributed by atoms with Crippen molar-refractivity contribution >= 4 is 17.2 Å². The normalized spacial score (nSPS) is 22.1. The number of methoxy groups -OCH3 is 1. The summed E-state index contributed by atoms with van der Waals surface area (Å²) in [5.74, 6) is -0.385. The maximum atomic E-state index is 14.8. The highest BCUT2D eigenvalue weighted by Crippen LogP contribution is 2.35. The molecule has 1 aliphatic carbocycles. The van der Waals surface area contributed by atoms with E-state index in [9.17, 15) is 9.18 Å². The lowest BCUT2D eigenvalue weighted by atomic mass is 9.95. The van der Waals surface area contributed by atoms with Crippen molar-refractivity contribution in [2.24, 2.45) is 5.41 Å². The van der Waals surface area contributed by atoms with Crippen LogP contribution < -0.4 is 4.90 Å². The van der Waals surface area contributed by atoms with E-state index in [2.05, 4.69) is 42.1 Å². The molecule has 194 valence electrons. The van der Waals surface area contributed by atoms with Crippen LogP contribution >= 0.6 is 0 Å². The molecule has 9 heteroatoms. The number of carbonyl (C=O) groups is 1. The molecule has 3 unspecified atom stereocenters. The van der Waals surface area contributed by atoms with E-state index >= 15 is 0 Å². The summed E-state index contributed by atoms with van der Waals surface area (Å²) in [4.78, 5) is 19.9. The largest absolute Gasteiger partial charge is 0.375 e. The zero-order valence-electron chi connectivity index (χ0n) is 21.9. The second-order valence-electron chi connectivity index (χ2n) is 11.0. The Hall–Kier alpha value is -3.59. The summed E-state index contributed by atoms with van der Waals surface area (Å²) in [7, 11) is 1.68. The zero-order chi connectivity index (χ0) is 26.3. The number of halogens is 1. The van der Waals surface area contributed by atoms with Gasteiger partial charge in [-0.1, -0.05) is 44.2 Å². The Balaban J connectivity index is 1.43. The SMILES string of the molecule is COC1C=C(c2cn(C3CCc4c(F)cccc4N(CC(C)(C)C)C3=O)nn2)C=CC1n1cnc(C)c1. The highest BCUT2D eigenvalue weighted by Gasteiger charge is 2.35. The standard InChI is InChI=1S/C28H33FN6O2/c1-18-14-33(17-30-18)24-11-9-19(13-26(24)37-5)22-15-35(32-31-22)25-12-10-20-21(29)7-6-8-23(20)34(27(25)36)16-28(2,3)4/h6-9,11,13-15,17,24-26H,10,12,16H2,1-5H3. The number of allylic oxidation sites excluding steroid dienone is 2. The molecule has 0 radical (unpaired) electrons. The number of fused-ring (bicyclic) bond motifs is 1. The molecule has 2 aromatic heterocycles. The predicted octanol–water partition coefficient (Wildman–Crippen LogP) is 4.70. The van der Waals surface area contributed by atoms with Gasteiger partial charge in [0.25, 0.3) is 5.91 Å². The number of ether oxygens (including phenoxy) is 1. The smallest absolute Gasteiger partial charge is 0.251 e. The van der Waals surface area contributed by atoms with E-state index in [1.165, 1.54) is 6.07 Å². The molecule has 1 aromatic carbocycles. The van der Waals surface area contributed by atoms with Gasteiger partial charge < -0.3 is 14.2 Å². The Bertz CT molecular complexity index is 1360. The maximum Gasteiger partial charge on any atom is 0.251 e. The minimum atomic E-state index is -0.580. The summed E-state index contributed by atoms with van der Waals surface area (Å²) < 4.78 is 24.2. The average molecular weight is 505 g/mol. The second kappa shape index (κ2) is 9.70. The Kier molecular flexibility index (Phi) is 6.58. The topological polar surface area (TPSA) is 78.1 Å². The van der Waals surface area contributed by atoms with Crippen molar-refractivity contribution < 1.29 is 13.9 Å². The first-order chi connectivity index (χ1) is 17.6. The molecule has 0 saturated heterocycles. The van der Waals surface area contributed by atoms with Gasteiger partial charge >= 0.3 is 0 Å². The molecule has 0 bridgehead atoms. The van der Waals surface area contributed by atoms with Gasteiger partial charge in [0.15, 0.2) is 0 Å². The first-order valence-corrected chi connectivity index (χ1v) is 12.6. The Labute approximate surface area is 216 Å². The van der Waals surface area contributed by atoms with Gasteiger partial charge in [-0.2, -0.15) is 0 Å². The van der Waals surface area contributed by atoms with Crippen molar-refractivity contribution in [3.8, 4) is 0 Å². The van der Waals surface area contributed by atoms with Crippen LogP contribution in [0.25, 0.3) is 5.57 Å². The highest BCUT2D eigenvalue weighted by atomic mass is 19.1. The number of hydrogen-bond acceptors (Lipinski definition) is 5. The third kappa shape index (κ3) is 5.00. The van der Waals surface area contributed by atoms with Gasteiger partial charge in [0.1, 0.15) is 23.7 Å². The van der Waals surface area contributed by atoms with E-state index in [-0.39, 0.29) is 29.3 Å². The molecule has 37 heavy (non-hydrogen) atoms. The Morgan fingerprint density at radius 3 is 2.73 bits per heavy atom. The molecule has 0 saturated carbocycles. The molecule has 3 aromatic rings. The van der Waals surface area contributed by atoms with Crippen molar-refractivity contribution in [3.05, 3.63) is 77.9 Å². The molecule has 3 heterocycles. The van der Waals surface area contributed by atoms with Crippen LogP contribution in [0.3, 0.4) is 0 Å². The van der Waals surface area contributed by atoms with Crippen LogP contribution in [0.5, 0.6) is 0 Å². The van der Waals surface area contributed by atoms with Crippen molar-refractivity contribution in [1.82, 2.24) is 24.5 Å². The summed E-state index contributed by atoms with van der Waals surface area (Å²) in [5, 5.41) is 8.74. The van der Waals surface area contributed by atoms with E-state index < -0.39 is 6.04 Å². The van der Waals surface area contributed by atoms with E-state index in [4.69, 9.17) is 4.74 Å². The summed E-state index contributed by atoms with van der Waals surface area (Å²) in [5.41, 5.74) is 3.51. The van der Waals surface area contributed by atoms with Crippen LogP contribution in [0, 0.1) is 18.2 Å². The number of rotatable bonds is 5. The van der Waals surface area contributed by atoms with Crippen LogP contribution in [-0.2, 0) is 16.0 Å². The van der Waals surface area contributed by atoms with E-state index in [0.717, 1.165) is 11.3 Å². The van der Waals surface area contributed by atoms with E-state index in [1.807, 2.05) is 35.9 Å². The summed E-state index contributed by atoms with van der Waals surface area (Å²) in [6, 6.07) is 4.35. The van der Waals surface area contributed by atoms with Crippen molar-refractivity contribution in [1.29, 1.82) is 0 Å². The Morgan fingerprint density at radius 1 is 1.22 bits per heavy atom. The molecule has 0 N–H and O–H groups in total. The number of carbonyl (C=O) groups excluding carboxylic acids is 1. The minimum Gasteiger partial charge on any atom is -0.375 e. The third-order valence-corrected chi connectivity index (χ3v) is 6.86. The molecule has 1 amide bonds. The van der Waals surface area contributed by atoms with Gasteiger partial charge in [0, 0.05) is 36.7 Å². The number of benzene rings is 1. The molecule has 8 nitrogen and oxygen atoms in total. The molecule has 1 aliphatic heterocycles. The van der Waals surface area contributed by atoms with Gasteiger partial charge in [-0.3, -0.25) is 4.79 Å². The molecule has 3 atom stereocenters. The quantitative estimate of drug-likeness (QED) is 0.503. The predicted molar refractivity (Wildman–Crippen MR) is 140 cm³/mol. The van der Waals surface area contributed by atoms with Crippen LogP contribution in [0.15, 0.2) is 55.1 Å². The fourth-order valence-electron chi connectivity index (χ4n) is 5.09. The number of anilines is 1. The lowest BCUT2D eigenvalue weighted by Gasteiger charge is -2.32. The monoisotopic (exact) mass is 504 g/mol. The van der Waals surface area contributed by atoms with Crippen LogP contribution in [-0.4, -0.2) is 50.2 Å². The fourth-order valence-corrected chi connectivity index (χ4v) is 5.09. The number of amides is 1. The average Bonchev–Trinajstić information content (AvgIpc) is 3.49. The van der Waals surface area contributed by atoms with Gasteiger partial charge in [-0.05, 0) is 43.4 Å². The molecule has 0 spiro atoms. The third-order valence-electron chi connectivity index (χ3n) is 6.86. The lowest BCUT2D eigenvalue weighted by Crippen LogP contribution is -2.41. The lowest BCUT2D eigenvalue weighted by molar-refractivity contribution is -0.122. The maximum absolute atomic E-state index is 14.8. The number of aryl methyl sites for hydroxylation is 1. The van der Waals surface area contributed by atoms with Gasteiger partial charge in [-0.15, -0.1) is 5.10 Å². The van der Waals surface area contributed by atoms with E-state index in [0.29, 0.717) is 36.3 Å². The zero-order valence-corrected chi connectivity index (χ0v) is 21.9. The van der Waals surface area contributed by atoms with Gasteiger partial charge in [0.05, 0.1) is 24.3 Å². The number of hydrogen-bond donors (Lipinski definition) is 0. The van der Waals surface area contributed by atoms with Crippen molar-refractivity contribution in [3.63, 3.8) is 0 Å². The van der Waals surface area contributed by atoms with Crippen molar-refractivity contribution in [2.75, 3.05) is 18.6 Å². The molecule has 5 rings (SSSR count). The minimum absolute atomic E-state index is 0.0206. The first kappa shape index (κ1) is 25.1. The van der Waals surface area contributed by atoms with Gasteiger partial charge in [0.2, 0.25) is 0 Å². The number of imidazole rings is 1. The molecular weight excluding hydrogens is 471 g/mol. The van der Waals surface area contributed by atoms with Crippen LogP contribution in [0.1, 0.15) is 56.2 Å². The first-order valence-electron chi connectivity index (χ1n) is 12.6. The molecular formula is C28H33FN6O2. The van der Waals surface area contributed by atoms with Crippen LogP contribution in [0.4, 0.5) is 10.1 Å². The highest BCUT2D eigenvalue weighted by molar-refractivity contribution is 5.97. The van der Waals surface area contributed by atoms with Crippen LogP contribution in [0.2, 0.25) is 0 Å². The molecule has 0 fully saturated rings. The summed E-state index contributed by atoms with van der Waals surface area (Å²) in [6.45, 7) is 8.63. The summed E-state index contributed by atoms with van der Waals surface area (Å²) >= 11 is 0.